The van der Waals surface area contributed by atoms with E-state index >= 15 is 0 Å². The van der Waals surface area contributed by atoms with Crippen LogP contribution < -0.4 is 5.14 Å². The van der Waals surface area contributed by atoms with E-state index in [1.807, 2.05) is 32.3 Å². The highest BCUT2D eigenvalue weighted by Crippen LogP contribution is 2.21. The monoisotopic (exact) mass is 392 g/mol. The SMILES string of the molecule is Cc1ccc(C(=O)OCC(=O)c2cc(C)n(C(C)C)c2C)cc1S(N)(=O)=O. The predicted octanol–water partition coefficient (Wildman–Crippen LogP) is 2.68. The van der Waals surface area contributed by atoms with E-state index in [0.29, 0.717) is 11.1 Å². The number of ketones is 1. The number of rotatable bonds is 6. The first-order valence-electron chi connectivity index (χ1n) is 8.45. The Morgan fingerprint density at radius 3 is 2.30 bits per heavy atom. The zero-order chi connectivity index (χ0) is 20.5. The Morgan fingerprint density at radius 1 is 1.15 bits per heavy atom. The fourth-order valence-corrected chi connectivity index (χ4v) is 3.99. The van der Waals surface area contributed by atoms with E-state index in [-0.39, 0.29) is 22.3 Å². The van der Waals surface area contributed by atoms with Crippen LogP contribution in [0.2, 0.25) is 0 Å². The second-order valence-electron chi connectivity index (χ2n) is 6.77. The van der Waals surface area contributed by atoms with Gasteiger partial charge in [-0.1, -0.05) is 6.07 Å². The summed E-state index contributed by atoms with van der Waals surface area (Å²) in [5, 5.41) is 5.15. The molecule has 0 bridgehead atoms. The van der Waals surface area contributed by atoms with Gasteiger partial charge in [0.1, 0.15) is 0 Å². The molecule has 27 heavy (non-hydrogen) atoms. The van der Waals surface area contributed by atoms with Gasteiger partial charge >= 0.3 is 5.97 Å². The molecule has 0 atom stereocenters. The minimum absolute atomic E-state index is 0.0186. The second kappa shape index (κ2) is 7.66. The molecule has 2 rings (SSSR count). The third kappa shape index (κ3) is 4.45. The van der Waals surface area contributed by atoms with Gasteiger partial charge in [0.05, 0.1) is 10.5 Å². The highest BCUT2D eigenvalue weighted by Gasteiger charge is 2.20. The smallest absolute Gasteiger partial charge is 0.338 e. The van der Waals surface area contributed by atoms with Gasteiger partial charge in [-0.25, -0.2) is 18.4 Å². The highest BCUT2D eigenvalue weighted by atomic mass is 32.2. The quantitative estimate of drug-likeness (QED) is 0.600. The van der Waals surface area contributed by atoms with E-state index < -0.39 is 22.6 Å². The Balaban J connectivity index is 2.17. The number of hydrogen-bond acceptors (Lipinski definition) is 5. The van der Waals surface area contributed by atoms with Gasteiger partial charge < -0.3 is 9.30 Å². The van der Waals surface area contributed by atoms with E-state index in [1.54, 1.807) is 13.0 Å². The van der Waals surface area contributed by atoms with Crippen molar-refractivity contribution in [1.82, 2.24) is 4.57 Å². The number of esters is 1. The molecule has 0 amide bonds. The standard InChI is InChI=1S/C19H24N2O5S/c1-11(2)21-13(4)8-16(14(21)5)17(22)10-26-19(23)15-7-6-12(3)18(9-15)27(20,24)25/h6-9,11H,10H2,1-5H3,(H2,20,24,25). The summed E-state index contributed by atoms with van der Waals surface area (Å²) in [6.07, 6.45) is 0. The lowest BCUT2D eigenvalue weighted by atomic mass is 10.1. The number of nitrogens with two attached hydrogens (primary N) is 1. The molecule has 0 aliphatic heterocycles. The second-order valence-corrected chi connectivity index (χ2v) is 8.30. The van der Waals surface area contributed by atoms with Crippen molar-refractivity contribution < 1.29 is 22.7 Å². The first-order valence-corrected chi connectivity index (χ1v) is 10.00. The van der Waals surface area contributed by atoms with E-state index in [9.17, 15) is 18.0 Å². The number of carbonyl (C=O) groups excluding carboxylic acids is 2. The molecule has 0 radical (unpaired) electrons. The number of sulfonamides is 1. The Hall–Kier alpha value is -2.45. The summed E-state index contributed by atoms with van der Waals surface area (Å²) in [6, 6.07) is 6.03. The van der Waals surface area contributed by atoms with Crippen molar-refractivity contribution in [2.24, 2.45) is 5.14 Å². The van der Waals surface area contributed by atoms with Crippen molar-refractivity contribution in [1.29, 1.82) is 0 Å². The molecule has 0 saturated carbocycles. The van der Waals surface area contributed by atoms with Crippen molar-refractivity contribution in [3.05, 3.63) is 52.3 Å². The van der Waals surface area contributed by atoms with Gasteiger partial charge in [0, 0.05) is 23.0 Å². The van der Waals surface area contributed by atoms with E-state index in [4.69, 9.17) is 9.88 Å². The minimum Gasteiger partial charge on any atom is -0.454 e. The average molecular weight is 392 g/mol. The first-order chi connectivity index (χ1) is 12.4. The molecular formula is C19H24N2O5S. The molecule has 8 heteroatoms. The minimum atomic E-state index is -3.96. The number of aromatic nitrogens is 1. The lowest BCUT2D eigenvalue weighted by Crippen LogP contribution is -2.17. The fraction of sp³-hybridized carbons (Fsp3) is 0.368. The lowest BCUT2D eigenvalue weighted by molar-refractivity contribution is 0.0474. The van der Waals surface area contributed by atoms with Crippen LogP contribution in [0.5, 0.6) is 0 Å². The molecule has 0 fully saturated rings. The Morgan fingerprint density at radius 2 is 1.78 bits per heavy atom. The zero-order valence-electron chi connectivity index (χ0n) is 16.1. The van der Waals surface area contributed by atoms with E-state index in [0.717, 1.165) is 17.5 Å². The van der Waals surface area contributed by atoms with Crippen LogP contribution in [0.25, 0.3) is 0 Å². The van der Waals surface area contributed by atoms with Crippen LogP contribution >= 0.6 is 0 Å². The van der Waals surface area contributed by atoms with Crippen molar-refractivity contribution in [3.8, 4) is 0 Å². The Kier molecular flexibility index (Phi) is 5.91. The maximum absolute atomic E-state index is 12.5. The number of benzene rings is 1. The van der Waals surface area contributed by atoms with Crippen LogP contribution in [0.15, 0.2) is 29.2 Å². The molecule has 2 N–H and O–H groups in total. The molecule has 0 aliphatic carbocycles. The first kappa shape index (κ1) is 20.9. The van der Waals surface area contributed by atoms with Gasteiger partial charge in [-0.15, -0.1) is 0 Å². The summed E-state index contributed by atoms with van der Waals surface area (Å²) in [5.41, 5.74) is 2.71. The van der Waals surface area contributed by atoms with Crippen LogP contribution in [0.1, 0.15) is 57.6 Å². The number of hydrogen-bond donors (Lipinski definition) is 1. The van der Waals surface area contributed by atoms with Gasteiger partial charge in [-0.05, 0) is 58.4 Å². The van der Waals surface area contributed by atoms with Crippen molar-refractivity contribution in [2.75, 3.05) is 6.61 Å². The van der Waals surface area contributed by atoms with Crippen molar-refractivity contribution in [2.45, 2.75) is 45.6 Å². The van der Waals surface area contributed by atoms with Crippen LogP contribution in [0.3, 0.4) is 0 Å². The molecule has 1 aromatic carbocycles. The lowest BCUT2D eigenvalue weighted by Gasteiger charge is -2.13. The largest absolute Gasteiger partial charge is 0.454 e. The van der Waals surface area contributed by atoms with Crippen LogP contribution in [-0.2, 0) is 14.8 Å². The third-order valence-electron chi connectivity index (χ3n) is 4.37. The third-order valence-corrected chi connectivity index (χ3v) is 5.42. The summed E-state index contributed by atoms with van der Waals surface area (Å²) in [6.45, 7) is 8.95. The number of Topliss-reactive ketones (excluding diaryl/α,β-unsaturated/α-hetero) is 1. The summed E-state index contributed by atoms with van der Waals surface area (Å²) >= 11 is 0. The van der Waals surface area contributed by atoms with Crippen LogP contribution in [0.4, 0.5) is 0 Å². The summed E-state index contributed by atoms with van der Waals surface area (Å²) in [4.78, 5) is 24.5. The van der Waals surface area contributed by atoms with Gasteiger partial charge in [-0.2, -0.15) is 0 Å². The Bertz CT molecular complexity index is 1000. The van der Waals surface area contributed by atoms with Crippen molar-refractivity contribution in [3.63, 3.8) is 0 Å². The van der Waals surface area contributed by atoms with Gasteiger partial charge in [0.25, 0.3) is 0 Å². The highest BCUT2D eigenvalue weighted by molar-refractivity contribution is 7.89. The molecule has 0 saturated heterocycles. The summed E-state index contributed by atoms with van der Waals surface area (Å²) in [5.74, 6) is -1.10. The number of primary sulfonamides is 1. The molecule has 2 aromatic rings. The van der Waals surface area contributed by atoms with Crippen LogP contribution in [0, 0.1) is 20.8 Å². The number of ether oxygens (including phenoxy) is 1. The molecule has 0 aliphatic rings. The Labute approximate surface area is 159 Å². The normalized spacial score (nSPS) is 11.7. The summed E-state index contributed by atoms with van der Waals surface area (Å²) in [7, 11) is -3.96. The molecule has 0 spiro atoms. The molecule has 0 unspecified atom stereocenters. The zero-order valence-corrected chi connectivity index (χ0v) is 16.9. The molecule has 1 heterocycles. The number of nitrogens with zero attached hydrogens (tertiary/aromatic N) is 1. The predicted molar refractivity (Wildman–Crippen MR) is 101 cm³/mol. The maximum Gasteiger partial charge on any atom is 0.338 e. The average Bonchev–Trinajstić information content (AvgIpc) is 2.86. The molecule has 146 valence electrons. The summed E-state index contributed by atoms with van der Waals surface area (Å²) < 4.78 is 30.3. The van der Waals surface area contributed by atoms with E-state index in [2.05, 4.69) is 0 Å². The van der Waals surface area contributed by atoms with E-state index in [1.165, 1.54) is 12.1 Å². The van der Waals surface area contributed by atoms with Gasteiger partial charge in [0.2, 0.25) is 15.8 Å². The van der Waals surface area contributed by atoms with Crippen LogP contribution in [-0.4, -0.2) is 31.3 Å². The molecule has 7 nitrogen and oxygen atoms in total. The molecule has 1 aromatic heterocycles. The number of aryl methyl sites for hydroxylation is 2. The van der Waals surface area contributed by atoms with Crippen molar-refractivity contribution >= 4 is 21.8 Å². The van der Waals surface area contributed by atoms with Gasteiger partial charge in [0.15, 0.2) is 6.61 Å². The maximum atomic E-state index is 12.5. The topological polar surface area (TPSA) is 108 Å². The van der Waals surface area contributed by atoms with Gasteiger partial charge in [-0.3, -0.25) is 4.79 Å². The fourth-order valence-electron chi connectivity index (χ4n) is 3.18. The molecular weight excluding hydrogens is 368 g/mol. The number of carbonyl (C=O) groups is 2.